The molecule has 1 aliphatic heterocycles. The zero-order chi connectivity index (χ0) is 22.2. The van der Waals surface area contributed by atoms with Crippen LogP contribution < -0.4 is 19.5 Å². The molecule has 32 heavy (non-hydrogen) atoms. The van der Waals surface area contributed by atoms with Crippen molar-refractivity contribution in [1.29, 1.82) is 0 Å². The Morgan fingerprint density at radius 2 is 1.72 bits per heavy atom. The smallest absolute Gasteiger partial charge is 0.265 e. The lowest BCUT2D eigenvalue weighted by molar-refractivity contribution is -0.120. The lowest BCUT2D eigenvalue weighted by Crippen LogP contribution is -2.17. The predicted octanol–water partition coefficient (Wildman–Crippen LogP) is 4.42. The molecule has 7 heteroatoms. The summed E-state index contributed by atoms with van der Waals surface area (Å²) in [5.41, 5.74) is 3.21. The highest BCUT2D eigenvalue weighted by Gasteiger charge is 2.13. The van der Waals surface area contributed by atoms with Gasteiger partial charge in [0.2, 0.25) is 0 Å². The van der Waals surface area contributed by atoms with Crippen molar-refractivity contribution in [3.05, 3.63) is 83.9 Å². The molecular weight excluding hydrogens is 408 g/mol. The number of hydrogen-bond donors (Lipinski definition) is 1. The van der Waals surface area contributed by atoms with E-state index in [0.717, 1.165) is 16.9 Å². The van der Waals surface area contributed by atoms with Crippen LogP contribution in [0.5, 0.6) is 17.2 Å². The second-order valence-corrected chi connectivity index (χ2v) is 7.16. The Bertz CT molecular complexity index is 1080. The second kappa shape index (κ2) is 10.3. The van der Waals surface area contributed by atoms with Gasteiger partial charge in [0.05, 0.1) is 5.71 Å². The van der Waals surface area contributed by atoms with Crippen molar-refractivity contribution in [3.8, 4) is 17.2 Å². The molecule has 0 atom stereocenters. The average Bonchev–Trinajstić information content (AvgIpc) is 2.84. The molecule has 0 aromatic heterocycles. The van der Waals surface area contributed by atoms with Gasteiger partial charge < -0.3 is 24.4 Å². The monoisotopic (exact) mass is 432 g/mol. The largest absolute Gasteiger partial charge is 0.489 e. The first kappa shape index (κ1) is 21.2. The number of carbonyl (C=O) groups excluding carboxylic acids is 1. The number of oxime groups is 1. The summed E-state index contributed by atoms with van der Waals surface area (Å²) in [7, 11) is 0. The fourth-order valence-corrected chi connectivity index (χ4v) is 3.08. The van der Waals surface area contributed by atoms with Crippen molar-refractivity contribution in [2.45, 2.75) is 13.5 Å². The molecule has 1 amide bonds. The third-order valence-corrected chi connectivity index (χ3v) is 4.74. The Morgan fingerprint density at radius 3 is 2.50 bits per heavy atom. The number of benzene rings is 3. The van der Waals surface area contributed by atoms with E-state index in [-0.39, 0.29) is 12.5 Å². The number of hydrogen-bond acceptors (Lipinski definition) is 6. The highest BCUT2D eigenvalue weighted by molar-refractivity contribution is 5.99. The van der Waals surface area contributed by atoms with Crippen LogP contribution in [-0.2, 0) is 16.2 Å². The van der Waals surface area contributed by atoms with Crippen molar-refractivity contribution in [3.63, 3.8) is 0 Å². The lowest BCUT2D eigenvalue weighted by atomic mass is 10.1. The molecule has 1 heterocycles. The minimum absolute atomic E-state index is 0.200. The summed E-state index contributed by atoms with van der Waals surface area (Å²) in [6.07, 6.45) is 0. The molecule has 3 aromatic rings. The maximum atomic E-state index is 12.1. The first-order chi connectivity index (χ1) is 15.7. The van der Waals surface area contributed by atoms with Gasteiger partial charge in [-0.05, 0) is 55.0 Å². The van der Waals surface area contributed by atoms with Gasteiger partial charge in [-0.3, -0.25) is 4.79 Å². The Kier molecular flexibility index (Phi) is 6.87. The van der Waals surface area contributed by atoms with Gasteiger partial charge in [-0.1, -0.05) is 35.5 Å². The van der Waals surface area contributed by atoms with Crippen LogP contribution in [0.4, 0.5) is 5.69 Å². The van der Waals surface area contributed by atoms with Crippen molar-refractivity contribution in [2.24, 2.45) is 5.16 Å². The van der Waals surface area contributed by atoms with Gasteiger partial charge in [0, 0.05) is 11.3 Å². The molecule has 1 N–H and O–H groups in total. The number of nitrogens with zero attached hydrogens (tertiary/aromatic N) is 1. The van der Waals surface area contributed by atoms with Gasteiger partial charge in [-0.2, -0.15) is 0 Å². The van der Waals surface area contributed by atoms with E-state index < -0.39 is 0 Å². The summed E-state index contributed by atoms with van der Waals surface area (Å²) in [5, 5.41) is 6.80. The first-order valence-electron chi connectivity index (χ1n) is 10.3. The Morgan fingerprint density at radius 1 is 0.969 bits per heavy atom. The van der Waals surface area contributed by atoms with Crippen LogP contribution in [0.3, 0.4) is 0 Å². The van der Waals surface area contributed by atoms with Crippen LogP contribution in [0.15, 0.2) is 78.0 Å². The van der Waals surface area contributed by atoms with Crippen molar-refractivity contribution in [1.82, 2.24) is 0 Å². The highest BCUT2D eigenvalue weighted by Crippen LogP contribution is 2.30. The van der Waals surface area contributed by atoms with Gasteiger partial charge in [-0.15, -0.1) is 0 Å². The van der Waals surface area contributed by atoms with Crippen LogP contribution in [0, 0.1) is 0 Å². The Labute approximate surface area is 186 Å². The molecule has 0 unspecified atom stereocenters. The van der Waals surface area contributed by atoms with E-state index in [4.69, 9.17) is 19.0 Å². The number of ether oxygens (including phenoxy) is 3. The quantitative estimate of drug-likeness (QED) is 0.421. The molecule has 7 nitrogen and oxygen atoms in total. The number of amides is 1. The summed E-state index contributed by atoms with van der Waals surface area (Å²) in [5.74, 6) is 1.81. The van der Waals surface area contributed by atoms with Gasteiger partial charge in [0.15, 0.2) is 18.1 Å². The van der Waals surface area contributed by atoms with Gasteiger partial charge in [0.1, 0.15) is 25.6 Å². The van der Waals surface area contributed by atoms with E-state index in [0.29, 0.717) is 42.7 Å². The molecule has 4 rings (SSSR count). The topological polar surface area (TPSA) is 78.4 Å². The second-order valence-electron chi connectivity index (χ2n) is 7.16. The Balaban J connectivity index is 1.24. The summed E-state index contributed by atoms with van der Waals surface area (Å²) in [6.45, 7) is 3.15. The van der Waals surface area contributed by atoms with Crippen molar-refractivity contribution in [2.75, 3.05) is 25.1 Å². The van der Waals surface area contributed by atoms with E-state index >= 15 is 0 Å². The van der Waals surface area contributed by atoms with Crippen LogP contribution in [-0.4, -0.2) is 31.4 Å². The third-order valence-electron chi connectivity index (χ3n) is 4.74. The number of fused-ring (bicyclic) bond motifs is 1. The number of carbonyl (C=O) groups is 1. The molecule has 0 fully saturated rings. The summed E-state index contributed by atoms with van der Waals surface area (Å²) in [4.78, 5) is 17.4. The van der Waals surface area contributed by atoms with E-state index in [1.54, 1.807) is 19.1 Å². The Hall–Kier alpha value is -4.00. The molecule has 1 aliphatic rings. The van der Waals surface area contributed by atoms with Crippen LogP contribution in [0.2, 0.25) is 0 Å². The molecule has 0 saturated heterocycles. The zero-order valence-corrected chi connectivity index (χ0v) is 17.7. The van der Waals surface area contributed by atoms with Gasteiger partial charge >= 0.3 is 0 Å². The first-order valence-corrected chi connectivity index (χ1v) is 10.3. The molecule has 0 saturated carbocycles. The zero-order valence-electron chi connectivity index (χ0n) is 17.7. The van der Waals surface area contributed by atoms with Crippen LogP contribution >= 0.6 is 0 Å². The molecule has 0 aliphatic carbocycles. The lowest BCUT2D eigenvalue weighted by Gasteiger charge is -2.18. The van der Waals surface area contributed by atoms with Crippen LogP contribution in [0.1, 0.15) is 18.1 Å². The maximum absolute atomic E-state index is 12.1. The van der Waals surface area contributed by atoms with Crippen LogP contribution in [0.25, 0.3) is 0 Å². The predicted molar refractivity (Wildman–Crippen MR) is 121 cm³/mol. The normalized spacial score (nSPS) is 12.7. The molecule has 0 radical (unpaired) electrons. The number of nitrogens with one attached hydrogen (secondary N) is 1. The summed E-state index contributed by atoms with van der Waals surface area (Å²) < 4.78 is 16.8. The van der Waals surface area contributed by atoms with Gasteiger partial charge in [-0.25, -0.2) is 0 Å². The molecule has 164 valence electrons. The number of rotatable bonds is 8. The third kappa shape index (κ3) is 5.78. The molecule has 0 bridgehead atoms. The van der Waals surface area contributed by atoms with E-state index in [1.807, 2.05) is 60.7 Å². The van der Waals surface area contributed by atoms with Gasteiger partial charge in [0.25, 0.3) is 5.91 Å². The summed E-state index contributed by atoms with van der Waals surface area (Å²) >= 11 is 0. The molecule has 0 spiro atoms. The van der Waals surface area contributed by atoms with E-state index in [1.165, 1.54) is 0 Å². The van der Waals surface area contributed by atoms with Crippen molar-refractivity contribution < 1.29 is 23.8 Å². The maximum Gasteiger partial charge on any atom is 0.265 e. The van der Waals surface area contributed by atoms with Crippen molar-refractivity contribution >= 4 is 17.3 Å². The minimum atomic E-state index is -0.304. The van der Waals surface area contributed by atoms with E-state index in [2.05, 4.69) is 10.5 Å². The fourth-order valence-electron chi connectivity index (χ4n) is 3.08. The SMILES string of the molecule is C/C(=N/OCC(=O)Nc1ccc(OCc2ccccc2)cc1)c1ccc2c(c1)OCCO2. The fraction of sp³-hybridized carbons (Fsp3) is 0.200. The molecular formula is C25H24N2O5. The minimum Gasteiger partial charge on any atom is -0.489 e. The van der Waals surface area contributed by atoms with E-state index in [9.17, 15) is 4.79 Å². The highest BCUT2D eigenvalue weighted by atomic mass is 16.6. The molecule has 3 aromatic carbocycles. The number of anilines is 1. The average molecular weight is 432 g/mol. The standard InChI is InChI=1S/C25H24N2O5/c1-18(20-7-12-23-24(15-20)30-14-13-29-23)27-32-17-25(28)26-21-8-10-22(11-9-21)31-16-19-5-3-2-4-6-19/h2-12,15H,13-14,16-17H2,1H3,(H,26,28)/b27-18-. The summed E-state index contributed by atoms with van der Waals surface area (Å²) in [6, 6.07) is 22.7.